The number of hydrogen-bond acceptors (Lipinski definition) is 4. The Morgan fingerprint density at radius 2 is 2.00 bits per heavy atom. The van der Waals surface area contributed by atoms with Gasteiger partial charge in [-0.3, -0.25) is 0 Å². The molecule has 3 nitrogen and oxygen atoms in total. The molecule has 0 bridgehead atoms. The van der Waals surface area contributed by atoms with Crippen LogP contribution in [0.1, 0.15) is 30.9 Å². The number of ether oxygens (including phenoxy) is 2. The third-order valence-corrected chi connectivity index (χ3v) is 5.12. The maximum Gasteiger partial charge on any atom is 0.123 e. The van der Waals surface area contributed by atoms with Crippen molar-refractivity contribution in [1.82, 2.24) is 5.32 Å². The van der Waals surface area contributed by atoms with Crippen LogP contribution >= 0.6 is 11.8 Å². The molecule has 2 rings (SSSR count). The molecule has 1 aliphatic rings. The first-order valence-electron chi connectivity index (χ1n) is 7.25. The van der Waals surface area contributed by atoms with Crippen LogP contribution in [0.2, 0.25) is 0 Å². The van der Waals surface area contributed by atoms with Crippen molar-refractivity contribution in [1.29, 1.82) is 0 Å². The number of methoxy groups -OCH3 is 2. The van der Waals surface area contributed by atoms with Crippen molar-refractivity contribution in [2.75, 3.05) is 32.8 Å². The van der Waals surface area contributed by atoms with Crippen LogP contribution in [0.5, 0.6) is 11.5 Å². The summed E-state index contributed by atoms with van der Waals surface area (Å²) in [4.78, 5) is 0. The molecule has 20 heavy (non-hydrogen) atoms. The highest BCUT2D eigenvalue weighted by Gasteiger charge is 2.22. The molecule has 1 aromatic rings. The van der Waals surface area contributed by atoms with E-state index in [-0.39, 0.29) is 0 Å². The molecule has 1 heterocycles. The van der Waals surface area contributed by atoms with Gasteiger partial charge in [0.2, 0.25) is 0 Å². The first-order chi connectivity index (χ1) is 9.78. The normalized spacial score (nSPS) is 17.8. The van der Waals surface area contributed by atoms with Crippen LogP contribution in [-0.4, -0.2) is 32.8 Å². The Morgan fingerprint density at radius 3 is 2.60 bits per heavy atom. The summed E-state index contributed by atoms with van der Waals surface area (Å²) < 4.78 is 10.9. The van der Waals surface area contributed by atoms with E-state index in [2.05, 4.69) is 23.1 Å². The zero-order valence-electron chi connectivity index (χ0n) is 12.6. The Morgan fingerprint density at radius 1 is 1.25 bits per heavy atom. The standard InChI is InChI=1S/C16H25NO2S/c1-17-15(10-12-6-8-20-9-7-12)14-11-13(18-2)4-5-16(14)19-3/h4-5,11-12,15,17H,6-10H2,1-3H3. The number of rotatable bonds is 6. The number of benzene rings is 1. The fourth-order valence-corrected chi connectivity index (χ4v) is 4.03. The summed E-state index contributed by atoms with van der Waals surface area (Å²) in [6.45, 7) is 0. The average Bonchev–Trinajstić information content (AvgIpc) is 2.53. The monoisotopic (exact) mass is 295 g/mol. The van der Waals surface area contributed by atoms with Crippen LogP contribution < -0.4 is 14.8 Å². The number of thioether (sulfide) groups is 1. The molecule has 0 radical (unpaired) electrons. The molecular formula is C16H25NO2S. The van der Waals surface area contributed by atoms with Crippen LogP contribution in [0.4, 0.5) is 0 Å². The van der Waals surface area contributed by atoms with Gasteiger partial charge in [0.05, 0.1) is 14.2 Å². The van der Waals surface area contributed by atoms with Gasteiger partial charge in [0.15, 0.2) is 0 Å². The van der Waals surface area contributed by atoms with Gasteiger partial charge in [0, 0.05) is 11.6 Å². The Bertz CT molecular complexity index is 419. The smallest absolute Gasteiger partial charge is 0.123 e. The Balaban J connectivity index is 2.16. The van der Waals surface area contributed by atoms with Gasteiger partial charge in [-0.05, 0) is 61.9 Å². The third kappa shape index (κ3) is 3.83. The van der Waals surface area contributed by atoms with E-state index in [0.29, 0.717) is 6.04 Å². The zero-order valence-corrected chi connectivity index (χ0v) is 13.5. The lowest BCUT2D eigenvalue weighted by molar-refractivity contribution is 0.359. The van der Waals surface area contributed by atoms with E-state index in [9.17, 15) is 0 Å². The molecule has 1 fully saturated rings. The van der Waals surface area contributed by atoms with Crippen LogP contribution in [0.25, 0.3) is 0 Å². The zero-order chi connectivity index (χ0) is 14.4. The highest BCUT2D eigenvalue weighted by atomic mass is 32.2. The molecule has 0 amide bonds. The fourth-order valence-electron chi connectivity index (χ4n) is 2.83. The average molecular weight is 295 g/mol. The SMILES string of the molecule is CNC(CC1CCSCC1)c1cc(OC)ccc1OC. The first-order valence-corrected chi connectivity index (χ1v) is 8.41. The minimum Gasteiger partial charge on any atom is -0.497 e. The molecular weight excluding hydrogens is 270 g/mol. The highest BCUT2D eigenvalue weighted by Crippen LogP contribution is 2.35. The van der Waals surface area contributed by atoms with Crippen molar-refractivity contribution in [3.63, 3.8) is 0 Å². The van der Waals surface area contributed by atoms with Crippen molar-refractivity contribution in [2.45, 2.75) is 25.3 Å². The lowest BCUT2D eigenvalue weighted by Gasteiger charge is -2.27. The lowest BCUT2D eigenvalue weighted by atomic mass is 9.90. The molecule has 1 N–H and O–H groups in total. The maximum absolute atomic E-state index is 5.52. The van der Waals surface area contributed by atoms with Gasteiger partial charge in [-0.2, -0.15) is 11.8 Å². The molecule has 0 spiro atoms. The van der Waals surface area contributed by atoms with Gasteiger partial charge in [-0.15, -0.1) is 0 Å². The van der Waals surface area contributed by atoms with E-state index < -0.39 is 0 Å². The van der Waals surface area contributed by atoms with E-state index in [4.69, 9.17) is 9.47 Å². The van der Waals surface area contributed by atoms with E-state index in [1.165, 1.54) is 36.3 Å². The van der Waals surface area contributed by atoms with Crippen LogP contribution in [-0.2, 0) is 0 Å². The Hall–Kier alpha value is -0.870. The van der Waals surface area contributed by atoms with Crippen LogP contribution in [0, 0.1) is 5.92 Å². The summed E-state index contributed by atoms with van der Waals surface area (Å²) >= 11 is 2.08. The van der Waals surface area contributed by atoms with E-state index in [1.54, 1.807) is 14.2 Å². The van der Waals surface area contributed by atoms with Crippen LogP contribution in [0.15, 0.2) is 18.2 Å². The summed E-state index contributed by atoms with van der Waals surface area (Å²) in [7, 11) is 5.47. The van der Waals surface area contributed by atoms with Crippen molar-refractivity contribution < 1.29 is 9.47 Å². The topological polar surface area (TPSA) is 30.5 Å². The van der Waals surface area contributed by atoms with Crippen molar-refractivity contribution in [3.05, 3.63) is 23.8 Å². The highest BCUT2D eigenvalue weighted by molar-refractivity contribution is 7.99. The molecule has 1 aromatic carbocycles. The summed E-state index contributed by atoms with van der Waals surface area (Å²) in [5.41, 5.74) is 1.20. The summed E-state index contributed by atoms with van der Waals surface area (Å²) in [6, 6.07) is 6.37. The molecule has 1 saturated heterocycles. The van der Waals surface area contributed by atoms with Crippen LogP contribution in [0.3, 0.4) is 0 Å². The molecule has 0 aliphatic carbocycles. The van der Waals surface area contributed by atoms with Crippen molar-refractivity contribution in [3.8, 4) is 11.5 Å². The number of nitrogens with one attached hydrogen (secondary N) is 1. The summed E-state index contributed by atoms with van der Waals surface area (Å²) in [5, 5.41) is 3.45. The van der Waals surface area contributed by atoms with Gasteiger partial charge in [-0.1, -0.05) is 0 Å². The first kappa shape index (κ1) is 15.5. The minimum absolute atomic E-state index is 0.327. The van der Waals surface area contributed by atoms with Gasteiger partial charge in [0.1, 0.15) is 11.5 Å². The molecule has 4 heteroatoms. The van der Waals surface area contributed by atoms with Gasteiger partial charge >= 0.3 is 0 Å². The maximum atomic E-state index is 5.52. The predicted octanol–water partition coefficient (Wildman–Crippen LogP) is 3.50. The van der Waals surface area contributed by atoms with Gasteiger partial charge < -0.3 is 14.8 Å². The van der Waals surface area contributed by atoms with Crippen molar-refractivity contribution in [2.24, 2.45) is 5.92 Å². The molecule has 0 saturated carbocycles. The molecule has 0 aromatic heterocycles. The van der Waals surface area contributed by atoms with Crippen molar-refractivity contribution >= 4 is 11.8 Å². The molecule has 1 aliphatic heterocycles. The quantitative estimate of drug-likeness (QED) is 0.870. The summed E-state index contributed by atoms with van der Waals surface area (Å²) in [6.07, 6.45) is 3.82. The lowest BCUT2D eigenvalue weighted by Crippen LogP contribution is -2.22. The third-order valence-electron chi connectivity index (χ3n) is 4.07. The second kappa shape index (κ2) is 7.79. The predicted molar refractivity (Wildman–Crippen MR) is 86.0 cm³/mol. The number of hydrogen-bond donors (Lipinski definition) is 1. The summed E-state index contributed by atoms with van der Waals surface area (Å²) in [5.74, 6) is 5.24. The van der Waals surface area contributed by atoms with E-state index in [1.807, 2.05) is 19.2 Å². The van der Waals surface area contributed by atoms with Gasteiger partial charge in [-0.25, -0.2) is 0 Å². The Labute approximate surface area is 126 Å². The molecule has 1 atom stereocenters. The molecule has 1 unspecified atom stereocenters. The van der Waals surface area contributed by atoms with Gasteiger partial charge in [0.25, 0.3) is 0 Å². The Kier molecular flexibility index (Phi) is 6.05. The van der Waals surface area contributed by atoms with E-state index >= 15 is 0 Å². The minimum atomic E-state index is 0.327. The fraction of sp³-hybridized carbons (Fsp3) is 0.625. The van der Waals surface area contributed by atoms with E-state index in [0.717, 1.165) is 17.4 Å². The molecule has 112 valence electrons. The second-order valence-electron chi connectivity index (χ2n) is 5.24. The largest absolute Gasteiger partial charge is 0.497 e. The second-order valence-corrected chi connectivity index (χ2v) is 6.47.